The molecule has 0 fully saturated rings. The topological polar surface area (TPSA) is 111 Å². The Morgan fingerprint density at radius 3 is 2.46 bits per heavy atom. The van der Waals surface area contributed by atoms with Crippen LogP contribution in [0.1, 0.15) is 32.3 Å². The molecule has 0 atom stereocenters. The van der Waals surface area contributed by atoms with Crippen molar-refractivity contribution in [2.24, 2.45) is 0 Å². The van der Waals surface area contributed by atoms with Crippen LogP contribution >= 0.6 is 11.5 Å². The summed E-state index contributed by atoms with van der Waals surface area (Å²) in [5.74, 6) is 1.14. The number of anilines is 1. The number of aromatic nitrogens is 6. The summed E-state index contributed by atoms with van der Waals surface area (Å²) >= 11 is 1.09. The van der Waals surface area contributed by atoms with Gasteiger partial charge in [0.2, 0.25) is 0 Å². The lowest BCUT2D eigenvalue weighted by atomic mass is 10.2. The Kier molecular flexibility index (Phi) is 5.21. The fourth-order valence-electron chi connectivity index (χ4n) is 2.36. The van der Waals surface area contributed by atoms with Crippen molar-refractivity contribution in [2.75, 3.05) is 18.4 Å². The van der Waals surface area contributed by atoms with Crippen molar-refractivity contribution >= 4 is 23.3 Å². The van der Waals surface area contributed by atoms with Crippen LogP contribution in [0.5, 0.6) is 0 Å². The average Bonchev–Trinajstić information content (AvgIpc) is 3.18. The molecule has 0 aliphatic carbocycles. The van der Waals surface area contributed by atoms with Crippen LogP contribution in [0.25, 0.3) is 5.82 Å². The first kappa shape index (κ1) is 17.9. The molecule has 3 aromatic heterocycles. The molecule has 26 heavy (non-hydrogen) atoms. The zero-order valence-electron chi connectivity index (χ0n) is 15.1. The lowest BCUT2D eigenvalue weighted by Gasteiger charge is -2.07. The van der Waals surface area contributed by atoms with E-state index in [9.17, 15) is 4.79 Å². The molecule has 0 unspecified atom stereocenters. The average molecular weight is 372 g/mol. The second-order valence-electron chi connectivity index (χ2n) is 5.85. The molecule has 0 saturated heterocycles. The minimum Gasteiger partial charge on any atom is -0.367 e. The molecular weight excluding hydrogens is 352 g/mol. The SMILES string of the molecule is Cc1nnsc1C(=O)NCCNc1ccc(-n2nc(C)c(C)c2C)nn1. The van der Waals surface area contributed by atoms with Crippen molar-refractivity contribution in [3.63, 3.8) is 0 Å². The number of carbonyl (C=O) groups is 1. The molecule has 10 heteroatoms. The fraction of sp³-hybridized carbons (Fsp3) is 0.375. The molecule has 3 heterocycles. The van der Waals surface area contributed by atoms with E-state index in [1.165, 1.54) is 0 Å². The maximum absolute atomic E-state index is 12.0. The van der Waals surface area contributed by atoms with E-state index >= 15 is 0 Å². The molecule has 0 aliphatic heterocycles. The predicted molar refractivity (Wildman–Crippen MR) is 98.8 cm³/mol. The summed E-state index contributed by atoms with van der Waals surface area (Å²) in [5, 5.41) is 22.6. The van der Waals surface area contributed by atoms with Gasteiger partial charge in [0.05, 0.1) is 11.4 Å². The fourth-order valence-corrected chi connectivity index (χ4v) is 2.94. The molecule has 0 bridgehead atoms. The minimum atomic E-state index is -0.166. The highest BCUT2D eigenvalue weighted by molar-refractivity contribution is 7.07. The molecule has 0 spiro atoms. The number of aryl methyl sites for hydroxylation is 2. The van der Waals surface area contributed by atoms with Crippen LogP contribution in [0, 0.1) is 27.7 Å². The monoisotopic (exact) mass is 372 g/mol. The standard InChI is InChI=1S/C16H20N8OS/c1-9-10(2)22-24(12(9)4)14-6-5-13(20-21-14)17-7-8-18-16(25)15-11(3)19-23-26-15/h5-6H,7-8H2,1-4H3,(H,17,20)(H,18,25). The summed E-state index contributed by atoms with van der Waals surface area (Å²) < 4.78 is 5.54. The first-order valence-corrected chi connectivity index (χ1v) is 8.92. The number of hydrogen-bond donors (Lipinski definition) is 2. The maximum Gasteiger partial charge on any atom is 0.265 e. The van der Waals surface area contributed by atoms with Crippen LogP contribution < -0.4 is 10.6 Å². The summed E-state index contributed by atoms with van der Waals surface area (Å²) in [6.07, 6.45) is 0. The Morgan fingerprint density at radius 2 is 1.88 bits per heavy atom. The first-order valence-electron chi connectivity index (χ1n) is 8.15. The van der Waals surface area contributed by atoms with Gasteiger partial charge >= 0.3 is 0 Å². The smallest absolute Gasteiger partial charge is 0.265 e. The van der Waals surface area contributed by atoms with Crippen molar-refractivity contribution in [3.8, 4) is 5.82 Å². The Labute approximate surface area is 155 Å². The van der Waals surface area contributed by atoms with Crippen molar-refractivity contribution < 1.29 is 4.79 Å². The van der Waals surface area contributed by atoms with Crippen molar-refractivity contribution in [1.29, 1.82) is 0 Å². The van der Waals surface area contributed by atoms with Gasteiger partial charge in [-0.2, -0.15) is 5.10 Å². The zero-order chi connectivity index (χ0) is 18.7. The van der Waals surface area contributed by atoms with Crippen LogP contribution in [0.2, 0.25) is 0 Å². The van der Waals surface area contributed by atoms with Crippen LogP contribution in [-0.2, 0) is 0 Å². The van der Waals surface area contributed by atoms with E-state index in [-0.39, 0.29) is 5.91 Å². The molecule has 3 aromatic rings. The second kappa shape index (κ2) is 7.56. The van der Waals surface area contributed by atoms with E-state index in [2.05, 4.69) is 35.5 Å². The van der Waals surface area contributed by atoms with Gasteiger partial charge in [-0.3, -0.25) is 4.79 Å². The summed E-state index contributed by atoms with van der Waals surface area (Å²) in [5.41, 5.74) is 3.82. The van der Waals surface area contributed by atoms with Crippen LogP contribution in [-0.4, -0.2) is 48.6 Å². The van der Waals surface area contributed by atoms with E-state index in [1.807, 2.05) is 32.9 Å². The lowest BCUT2D eigenvalue weighted by Crippen LogP contribution is -2.28. The summed E-state index contributed by atoms with van der Waals surface area (Å²) in [4.78, 5) is 12.5. The third-order valence-electron chi connectivity index (χ3n) is 4.10. The summed E-state index contributed by atoms with van der Waals surface area (Å²) in [7, 11) is 0. The van der Waals surface area contributed by atoms with Gasteiger partial charge in [-0.25, -0.2) is 4.68 Å². The Hall–Kier alpha value is -2.88. The zero-order valence-corrected chi connectivity index (χ0v) is 15.9. The molecule has 9 nitrogen and oxygen atoms in total. The maximum atomic E-state index is 12.0. The Balaban J connectivity index is 1.53. The number of rotatable bonds is 6. The molecule has 0 aliphatic rings. The van der Waals surface area contributed by atoms with E-state index in [1.54, 1.807) is 11.6 Å². The summed E-state index contributed by atoms with van der Waals surface area (Å²) in [6, 6.07) is 3.70. The van der Waals surface area contributed by atoms with Gasteiger partial charge < -0.3 is 10.6 Å². The van der Waals surface area contributed by atoms with E-state index < -0.39 is 0 Å². The highest BCUT2D eigenvalue weighted by atomic mass is 32.1. The highest BCUT2D eigenvalue weighted by Gasteiger charge is 2.12. The normalized spacial score (nSPS) is 10.8. The van der Waals surface area contributed by atoms with E-state index in [0.29, 0.717) is 35.3 Å². The lowest BCUT2D eigenvalue weighted by molar-refractivity contribution is 0.0958. The second-order valence-corrected chi connectivity index (χ2v) is 6.61. The van der Waals surface area contributed by atoms with Crippen molar-refractivity contribution in [1.82, 2.24) is 34.9 Å². The number of nitrogens with zero attached hydrogens (tertiary/aromatic N) is 6. The molecule has 0 aromatic carbocycles. The van der Waals surface area contributed by atoms with Crippen LogP contribution in [0.15, 0.2) is 12.1 Å². The third-order valence-corrected chi connectivity index (χ3v) is 4.92. The van der Waals surface area contributed by atoms with Crippen LogP contribution in [0.4, 0.5) is 5.82 Å². The minimum absolute atomic E-state index is 0.166. The molecule has 1 amide bonds. The van der Waals surface area contributed by atoms with Crippen molar-refractivity contribution in [3.05, 3.63) is 39.7 Å². The largest absolute Gasteiger partial charge is 0.367 e. The van der Waals surface area contributed by atoms with Gasteiger partial charge in [0.1, 0.15) is 10.7 Å². The van der Waals surface area contributed by atoms with Crippen LogP contribution in [0.3, 0.4) is 0 Å². The molecule has 2 N–H and O–H groups in total. The number of carbonyl (C=O) groups excluding carboxylic acids is 1. The molecule has 0 radical (unpaired) electrons. The molecule has 136 valence electrons. The van der Waals surface area contributed by atoms with Gasteiger partial charge in [0, 0.05) is 18.8 Å². The third kappa shape index (κ3) is 3.69. The van der Waals surface area contributed by atoms with Gasteiger partial charge in [0.25, 0.3) is 5.91 Å². The number of hydrogen-bond acceptors (Lipinski definition) is 8. The predicted octanol–water partition coefficient (Wildman–Crippen LogP) is 1.59. The first-order chi connectivity index (χ1) is 12.5. The highest BCUT2D eigenvalue weighted by Crippen LogP contribution is 2.15. The van der Waals surface area contributed by atoms with Crippen molar-refractivity contribution in [2.45, 2.75) is 27.7 Å². The summed E-state index contributed by atoms with van der Waals surface area (Å²) in [6.45, 7) is 8.76. The number of nitrogens with one attached hydrogen (secondary N) is 2. The molecular formula is C16H20N8OS. The van der Waals surface area contributed by atoms with Gasteiger partial charge in [-0.15, -0.1) is 15.3 Å². The Bertz CT molecular complexity index is 915. The number of amides is 1. The van der Waals surface area contributed by atoms with E-state index in [4.69, 9.17) is 0 Å². The Morgan fingerprint density at radius 1 is 1.08 bits per heavy atom. The quantitative estimate of drug-likeness (QED) is 0.632. The van der Waals surface area contributed by atoms with Gasteiger partial charge in [0.15, 0.2) is 5.82 Å². The molecule has 3 rings (SSSR count). The molecule has 0 saturated carbocycles. The van der Waals surface area contributed by atoms with E-state index in [0.717, 1.165) is 28.5 Å². The van der Waals surface area contributed by atoms with Gasteiger partial charge in [-0.1, -0.05) is 4.49 Å². The van der Waals surface area contributed by atoms with Gasteiger partial charge in [-0.05, 0) is 56.9 Å².